The Kier molecular flexibility index (Phi) is 8.67. The normalized spacial score (nSPS) is 14.5. The van der Waals surface area contributed by atoms with Gasteiger partial charge in [0.2, 0.25) is 0 Å². The van der Waals surface area contributed by atoms with Crippen molar-refractivity contribution in [1.82, 2.24) is 0 Å². The summed E-state index contributed by atoms with van der Waals surface area (Å²) in [7, 11) is 0. The zero-order valence-electron chi connectivity index (χ0n) is 9.25. The quantitative estimate of drug-likeness (QED) is 0.701. The molecule has 0 radical (unpaired) electrons. The van der Waals surface area contributed by atoms with Gasteiger partial charge in [0.1, 0.15) is 0 Å². The van der Waals surface area contributed by atoms with Crippen molar-refractivity contribution in [2.75, 3.05) is 13.2 Å². The third-order valence-corrected chi connectivity index (χ3v) is 2.97. The van der Waals surface area contributed by atoms with Gasteiger partial charge in [-0.3, -0.25) is 0 Å². The minimum atomic E-state index is 0.214. The van der Waals surface area contributed by atoms with Crippen LogP contribution in [0.3, 0.4) is 0 Å². The van der Waals surface area contributed by atoms with Crippen LogP contribution in [0.15, 0.2) is 34.9 Å². The smallest absolute Gasteiger partial charge is 0.0431 e. The van der Waals surface area contributed by atoms with Crippen molar-refractivity contribution in [3.8, 4) is 0 Å². The predicted molar refractivity (Wildman–Crippen MR) is 69.8 cm³/mol. The molecule has 0 saturated carbocycles. The molecule has 0 unspecified atom stereocenters. The standard InChI is InChI=1S/C12H20BrNO/c1-3-12(13)7-6-10(2)11(9-14)5-4-8-15/h3,6-7,11,15H,2,4-5,8-9,14H2,1H3/b7-6-,12-3+/t11-/m1/s1. The van der Waals surface area contributed by atoms with Crippen LogP contribution < -0.4 is 5.73 Å². The van der Waals surface area contributed by atoms with E-state index in [0.717, 1.165) is 22.9 Å². The zero-order chi connectivity index (χ0) is 11.7. The minimum Gasteiger partial charge on any atom is -0.396 e. The van der Waals surface area contributed by atoms with Gasteiger partial charge in [-0.2, -0.15) is 0 Å². The second-order valence-corrected chi connectivity index (χ2v) is 4.30. The summed E-state index contributed by atoms with van der Waals surface area (Å²) in [5.41, 5.74) is 6.67. The van der Waals surface area contributed by atoms with Gasteiger partial charge in [0.15, 0.2) is 0 Å². The van der Waals surface area contributed by atoms with E-state index in [4.69, 9.17) is 10.8 Å². The highest BCUT2D eigenvalue weighted by molar-refractivity contribution is 9.11. The molecule has 3 N–H and O–H groups in total. The lowest BCUT2D eigenvalue weighted by molar-refractivity contribution is 0.277. The Morgan fingerprint density at radius 3 is 2.67 bits per heavy atom. The molecule has 0 heterocycles. The van der Waals surface area contributed by atoms with Crippen LogP contribution >= 0.6 is 15.9 Å². The van der Waals surface area contributed by atoms with E-state index in [1.165, 1.54) is 0 Å². The first-order valence-electron chi connectivity index (χ1n) is 5.15. The first-order valence-corrected chi connectivity index (χ1v) is 5.94. The van der Waals surface area contributed by atoms with Crippen LogP contribution in [0.1, 0.15) is 19.8 Å². The average molecular weight is 274 g/mol. The van der Waals surface area contributed by atoms with Gasteiger partial charge in [-0.05, 0) is 38.3 Å². The largest absolute Gasteiger partial charge is 0.396 e. The summed E-state index contributed by atoms with van der Waals surface area (Å²) in [6.45, 7) is 6.74. The van der Waals surface area contributed by atoms with Crippen LogP contribution in [0, 0.1) is 5.92 Å². The molecule has 0 aromatic carbocycles. The fraction of sp³-hybridized carbons (Fsp3) is 0.500. The number of hydrogen-bond acceptors (Lipinski definition) is 2. The fourth-order valence-electron chi connectivity index (χ4n) is 1.21. The van der Waals surface area contributed by atoms with E-state index in [0.29, 0.717) is 6.54 Å². The van der Waals surface area contributed by atoms with Crippen molar-refractivity contribution in [3.05, 3.63) is 34.9 Å². The lowest BCUT2D eigenvalue weighted by Crippen LogP contribution is -2.15. The van der Waals surface area contributed by atoms with Crippen molar-refractivity contribution in [2.24, 2.45) is 11.7 Å². The predicted octanol–water partition coefficient (Wildman–Crippen LogP) is 2.74. The first-order chi connectivity index (χ1) is 7.15. The molecule has 0 spiro atoms. The SMILES string of the molecule is C=C(/C=C\C(Br)=C/C)[C@@H](CN)CCCO. The van der Waals surface area contributed by atoms with E-state index in [2.05, 4.69) is 22.5 Å². The molecular formula is C12H20BrNO. The molecule has 0 bridgehead atoms. The van der Waals surface area contributed by atoms with E-state index in [9.17, 15) is 0 Å². The van der Waals surface area contributed by atoms with E-state index in [1.807, 2.05) is 25.2 Å². The Morgan fingerprint density at radius 2 is 2.20 bits per heavy atom. The highest BCUT2D eigenvalue weighted by atomic mass is 79.9. The number of halogens is 1. The van der Waals surface area contributed by atoms with Gasteiger partial charge in [-0.1, -0.05) is 40.2 Å². The van der Waals surface area contributed by atoms with Crippen molar-refractivity contribution in [2.45, 2.75) is 19.8 Å². The van der Waals surface area contributed by atoms with Crippen molar-refractivity contribution in [3.63, 3.8) is 0 Å². The Bertz CT molecular complexity index is 246. The lowest BCUT2D eigenvalue weighted by Gasteiger charge is -2.14. The molecule has 1 atom stereocenters. The first kappa shape index (κ1) is 14.6. The summed E-state index contributed by atoms with van der Waals surface area (Å²) >= 11 is 3.39. The molecule has 2 nitrogen and oxygen atoms in total. The van der Waals surface area contributed by atoms with Crippen LogP contribution in [0.2, 0.25) is 0 Å². The highest BCUT2D eigenvalue weighted by Crippen LogP contribution is 2.17. The number of nitrogens with two attached hydrogens (primary N) is 1. The van der Waals surface area contributed by atoms with Crippen molar-refractivity contribution in [1.29, 1.82) is 0 Å². The fourth-order valence-corrected chi connectivity index (χ4v) is 1.34. The van der Waals surface area contributed by atoms with Crippen molar-refractivity contribution >= 4 is 15.9 Å². The molecule has 86 valence electrons. The summed E-state index contributed by atoms with van der Waals surface area (Å²) in [6, 6.07) is 0. The topological polar surface area (TPSA) is 46.2 Å². The maximum absolute atomic E-state index is 8.74. The molecule has 0 aliphatic carbocycles. The summed E-state index contributed by atoms with van der Waals surface area (Å²) in [4.78, 5) is 0. The summed E-state index contributed by atoms with van der Waals surface area (Å²) in [5.74, 6) is 0.269. The second kappa shape index (κ2) is 8.89. The van der Waals surface area contributed by atoms with Crippen LogP contribution in [-0.2, 0) is 0 Å². The van der Waals surface area contributed by atoms with Gasteiger partial charge in [0.25, 0.3) is 0 Å². The third-order valence-electron chi connectivity index (χ3n) is 2.25. The van der Waals surface area contributed by atoms with Crippen LogP contribution in [0.5, 0.6) is 0 Å². The molecule has 0 rings (SSSR count). The number of aliphatic hydroxyl groups is 1. The molecule has 0 amide bonds. The van der Waals surface area contributed by atoms with E-state index in [-0.39, 0.29) is 12.5 Å². The Balaban J connectivity index is 4.21. The van der Waals surface area contributed by atoms with E-state index >= 15 is 0 Å². The van der Waals surface area contributed by atoms with Crippen molar-refractivity contribution < 1.29 is 5.11 Å². The van der Waals surface area contributed by atoms with Gasteiger partial charge in [-0.25, -0.2) is 0 Å². The average Bonchev–Trinajstić information content (AvgIpc) is 2.26. The summed E-state index contributed by atoms with van der Waals surface area (Å²) in [5, 5.41) is 8.74. The van der Waals surface area contributed by atoms with E-state index in [1.54, 1.807) is 0 Å². The monoisotopic (exact) mass is 273 g/mol. The number of aliphatic hydroxyl groups excluding tert-OH is 1. The lowest BCUT2D eigenvalue weighted by atomic mass is 9.95. The maximum atomic E-state index is 8.74. The van der Waals surface area contributed by atoms with Crippen LogP contribution in [0.25, 0.3) is 0 Å². The van der Waals surface area contributed by atoms with Crippen LogP contribution in [-0.4, -0.2) is 18.3 Å². The zero-order valence-corrected chi connectivity index (χ0v) is 10.8. The molecule has 0 aromatic rings. The van der Waals surface area contributed by atoms with Gasteiger partial charge in [-0.15, -0.1) is 0 Å². The number of rotatable bonds is 7. The molecule has 0 fully saturated rings. The molecule has 3 heteroatoms. The van der Waals surface area contributed by atoms with Gasteiger partial charge < -0.3 is 10.8 Å². The van der Waals surface area contributed by atoms with Crippen LogP contribution in [0.4, 0.5) is 0 Å². The molecule has 0 aliphatic rings. The Labute approximate surface area is 101 Å². The van der Waals surface area contributed by atoms with Gasteiger partial charge in [0.05, 0.1) is 0 Å². The molecule has 0 aliphatic heterocycles. The van der Waals surface area contributed by atoms with E-state index < -0.39 is 0 Å². The molecule has 0 saturated heterocycles. The Morgan fingerprint density at radius 1 is 1.53 bits per heavy atom. The maximum Gasteiger partial charge on any atom is 0.0431 e. The number of allylic oxidation sites excluding steroid dienone is 4. The third kappa shape index (κ3) is 6.66. The van der Waals surface area contributed by atoms with Gasteiger partial charge in [0, 0.05) is 11.1 Å². The summed E-state index contributed by atoms with van der Waals surface area (Å²) in [6.07, 6.45) is 7.57. The van der Waals surface area contributed by atoms with Gasteiger partial charge >= 0.3 is 0 Å². The molecular weight excluding hydrogens is 254 g/mol. The highest BCUT2D eigenvalue weighted by Gasteiger charge is 2.07. The summed E-state index contributed by atoms with van der Waals surface area (Å²) < 4.78 is 1.03. The molecule has 0 aromatic heterocycles. The number of hydrogen-bond donors (Lipinski definition) is 2. The second-order valence-electron chi connectivity index (χ2n) is 3.38. The minimum absolute atomic E-state index is 0.214. The Hall–Kier alpha value is -0.380. The molecule has 15 heavy (non-hydrogen) atoms.